The van der Waals surface area contributed by atoms with E-state index < -0.39 is 0 Å². The summed E-state index contributed by atoms with van der Waals surface area (Å²) in [6, 6.07) is 12.4. The van der Waals surface area contributed by atoms with Crippen molar-refractivity contribution >= 4 is 33.3 Å². The van der Waals surface area contributed by atoms with Crippen LogP contribution < -0.4 is 9.64 Å². The summed E-state index contributed by atoms with van der Waals surface area (Å²) in [5.41, 5.74) is 1.80. The van der Waals surface area contributed by atoms with Gasteiger partial charge < -0.3 is 9.64 Å². The lowest BCUT2D eigenvalue weighted by atomic mass is 10.1. The first-order valence-corrected chi connectivity index (χ1v) is 7.71. The molecule has 1 aliphatic heterocycles. The first kappa shape index (κ1) is 14.8. The molecule has 0 atom stereocenters. The van der Waals surface area contributed by atoms with Crippen LogP contribution in [0.5, 0.6) is 5.75 Å². The zero-order valence-corrected chi connectivity index (χ0v) is 13.6. The van der Waals surface area contributed by atoms with Crippen LogP contribution in [0.3, 0.4) is 0 Å². The molecular weight excluding hydrogens is 346 g/mol. The Morgan fingerprint density at radius 3 is 2.68 bits per heavy atom. The van der Waals surface area contributed by atoms with Gasteiger partial charge in [0.05, 0.1) is 12.2 Å². The third-order valence-corrected chi connectivity index (χ3v) is 4.04. The summed E-state index contributed by atoms with van der Waals surface area (Å²) in [5, 5.41) is 0. The number of fused-ring (bicyclic) bond motifs is 1. The highest BCUT2D eigenvalue weighted by Crippen LogP contribution is 2.33. The number of hydrogen-bond acceptors (Lipinski definition) is 3. The van der Waals surface area contributed by atoms with Crippen LogP contribution >= 0.6 is 15.9 Å². The highest BCUT2D eigenvalue weighted by molar-refractivity contribution is 9.10. The van der Waals surface area contributed by atoms with Crippen LogP contribution in [0, 0.1) is 0 Å². The smallest absolute Gasteiger partial charge is 0.258 e. The van der Waals surface area contributed by atoms with E-state index in [2.05, 4.69) is 15.9 Å². The maximum absolute atomic E-state index is 12.8. The van der Waals surface area contributed by atoms with Crippen LogP contribution in [0.1, 0.15) is 27.6 Å². The van der Waals surface area contributed by atoms with E-state index >= 15 is 0 Å². The molecule has 1 amide bonds. The fourth-order valence-electron chi connectivity index (χ4n) is 2.42. The molecule has 0 saturated carbocycles. The van der Waals surface area contributed by atoms with Gasteiger partial charge in [-0.1, -0.05) is 22.0 Å². The normalized spacial score (nSPS) is 13.3. The summed E-state index contributed by atoms with van der Waals surface area (Å²) < 4.78 is 6.43. The van der Waals surface area contributed by atoms with Crippen LogP contribution in [0.2, 0.25) is 0 Å². The maximum Gasteiger partial charge on any atom is 0.258 e. The lowest BCUT2D eigenvalue weighted by molar-refractivity contribution is 0.0973. The Morgan fingerprint density at radius 1 is 1.14 bits per heavy atom. The van der Waals surface area contributed by atoms with Gasteiger partial charge in [0, 0.05) is 15.6 Å². The van der Waals surface area contributed by atoms with E-state index in [0.29, 0.717) is 35.7 Å². The van der Waals surface area contributed by atoms with E-state index in [1.165, 1.54) is 6.92 Å². The van der Waals surface area contributed by atoms with Crippen molar-refractivity contribution in [3.05, 3.63) is 58.1 Å². The molecule has 5 heteroatoms. The first-order chi connectivity index (χ1) is 10.6. The Bertz CT molecular complexity index is 757. The topological polar surface area (TPSA) is 46.6 Å². The molecule has 4 nitrogen and oxygen atoms in total. The fourth-order valence-corrected chi connectivity index (χ4v) is 2.82. The Morgan fingerprint density at radius 2 is 1.95 bits per heavy atom. The number of halogens is 1. The van der Waals surface area contributed by atoms with Crippen LogP contribution in [0.15, 0.2) is 46.9 Å². The zero-order chi connectivity index (χ0) is 15.7. The quantitative estimate of drug-likeness (QED) is 0.768. The maximum atomic E-state index is 12.8. The molecular formula is C17H14BrNO3. The average Bonchev–Trinajstić information content (AvgIpc) is 2.53. The average molecular weight is 360 g/mol. The summed E-state index contributed by atoms with van der Waals surface area (Å²) in [6.07, 6.45) is 0. The number of ketones is 1. The van der Waals surface area contributed by atoms with Crippen molar-refractivity contribution in [1.29, 1.82) is 0 Å². The standard InChI is InChI=1S/C17H14BrNO3/c1-11(20)12-5-6-16-15(10-12)19(7-8-22-16)17(21)13-3-2-4-14(18)9-13/h2-6,9-10H,7-8H2,1H3. The molecule has 2 aromatic carbocycles. The van der Waals surface area contributed by atoms with Crippen LogP contribution in [0.25, 0.3) is 0 Å². The summed E-state index contributed by atoms with van der Waals surface area (Å²) >= 11 is 3.38. The van der Waals surface area contributed by atoms with Crippen LogP contribution in [-0.4, -0.2) is 24.8 Å². The molecule has 22 heavy (non-hydrogen) atoms. The van der Waals surface area contributed by atoms with E-state index in [1.807, 2.05) is 12.1 Å². The predicted octanol–water partition coefficient (Wildman–Crippen LogP) is 3.69. The minimum absolute atomic E-state index is 0.0387. The molecule has 0 radical (unpaired) electrons. The zero-order valence-electron chi connectivity index (χ0n) is 12.0. The second kappa shape index (κ2) is 5.93. The van der Waals surface area contributed by atoms with Gasteiger partial charge in [-0.25, -0.2) is 0 Å². The predicted molar refractivity (Wildman–Crippen MR) is 87.8 cm³/mol. The van der Waals surface area contributed by atoms with Gasteiger partial charge in [-0.15, -0.1) is 0 Å². The summed E-state index contributed by atoms with van der Waals surface area (Å²) in [6.45, 7) is 2.40. The number of amides is 1. The first-order valence-electron chi connectivity index (χ1n) is 6.91. The van der Waals surface area contributed by atoms with Gasteiger partial charge in [-0.3, -0.25) is 9.59 Å². The number of carbonyl (C=O) groups is 2. The highest BCUT2D eigenvalue weighted by Gasteiger charge is 2.25. The minimum atomic E-state index is -0.105. The van der Waals surface area contributed by atoms with Gasteiger partial charge in [0.25, 0.3) is 5.91 Å². The molecule has 1 aliphatic rings. The Labute approximate surface area is 136 Å². The summed E-state index contributed by atoms with van der Waals surface area (Å²) in [5.74, 6) is 0.481. The van der Waals surface area contributed by atoms with Crippen molar-refractivity contribution in [1.82, 2.24) is 0 Å². The molecule has 0 aliphatic carbocycles. The van der Waals surface area contributed by atoms with Crippen LogP contribution in [-0.2, 0) is 0 Å². The molecule has 0 N–H and O–H groups in total. The third kappa shape index (κ3) is 2.76. The van der Waals surface area contributed by atoms with Gasteiger partial charge in [0.15, 0.2) is 5.78 Å². The Balaban J connectivity index is 2.02. The van der Waals surface area contributed by atoms with Gasteiger partial charge >= 0.3 is 0 Å². The summed E-state index contributed by atoms with van der Waals surface area (Å²) in [4.78, 5) is 26.0. The van der Waals surface area contributed by atoms with Crippen molar-refractivity contribution in [2.45, 2.75) is 6.92 Å². The lowest BCUT2D eigenvalue weighted by Gasteiger charge is -2.30. The summed E-state index contributed by atoms with van der Waals surface area (Å²) in [7, 11) is 0. The monoisotopic (exact) mass is 359 g/mol. The molecule has 0 aromatic heterocycles. The second-order valence-electron chi connectivity index (χ2n) is 5.05. The van der Waals surface area contributed by atoms with Crippen molar-refractivity contribution in [2.24, 2.45) is 0 Å². The van der Waals surface area contributed by atoms with Gasteiger partial charge in [-0.2, -0.15) is 0 Å². The molecule has 112 valence electrons. The van der Waals surface area contributed by atoms with Crippen molar-refractivity contribution in [2.75, 3.05) is 18.1 Å². The SMILES string of the molecule is CC(=O)c1ccc2c(c1)N(C(=O)c1cccc(Br)c1)CCO2. The van der Waals surface area contributed by atoms with Crippen molar-refractivity contribution in [3.63, 3.8) is 0 Å². The highest BCUT2D eigenvalue weighted by atomic mass is 79.9. The molecule has 3 rings (SSSR count). The van der Waals surface area contributed by atoms with Gasteiger partial charge in [0.2, 0.25) is 0 Å². The Hall–Kier alpha value is -2.14. The van der Waals surface area contributed by atoms with E-state index in [4.69, 9.17) is 4.74 Å². The largest absolute Gasteiger partial charge is 0.490 e. The number of anilines is 1. The number of nitrogens with zero attached hydrogens (tertiary/aromatic N) is 1. The number of carbonyl (C=O) groups excluding carboxylic acids is 2. The number of ether oxygens (including phenoxy) is 1. The van der Waals surface area contributed by atoms with Crippen molar-refractivity contribution in [3.8, 4) is 5.75 Å². The van der Waals surface area contributed by atoms with E-state index in [9.17, 15) is 9.59 Å². The van der Waals surface area contributed by atoms with Gasteiger partial charge in [-0.05, 0) is 43.3 Å². The second-order valence-corrected chi connectivity index (χ2v) is 5.97. The Kier molecular flexibility index (Phi) is 3.98. The van der Waals surface area contributed by atoms with Crippen LogP contribution in [0.4, 0.5) is 5.69 Å². The number of hydrogen-bond donors (Lipinski definition) is 0. The molecule has 0 bridgehead atoms. The lowest BCUT2D eigenvalue weighted by Crippen LogP contribution is -2.38. The molecule has 0 saturated heterocycles. The van der Waals surface area contributed by atoms with E-state index in [1.54, 1.807) is 35.2 Å². The molecule has 0 fully saturated rings. The molecule has 0 unspecified atom stereocenters. The number of rotatable bonds is 2. The molecule has 2 aromatic rings. The minimum Gasteiger partial charge on any atom is -0.490 e. The fraction of sp³-hybridized carbons (Fsp3) is 0.176. The molecule has 0 spiro atoms. The third-order valence-electron chi connectivity index (χ3n) is 3.55. The van der Waals surface area contributed by atoms with Crippen molar-refractivity contribution < 1.29 is 14.3 Å². The number of Topliss-reactive ketones (excluding diaryl/α,β-unsaturated/α-hetero) is 1. The van der Waals surface area contributed by atoms with E-state index in [-0.39, 0.29) is 11.7 Å². The van der Waals surface area contributed by atoms with Gasteiger partial charge in [0.1, 0.15) is 12.4 Å². The molecule has 1 heterocycles. The number of benzene rings is 2. The van der Waals surface area contributed by atoms with E-state index in [0.717, 1.165) is 4.47 Å².